The molecule has 9 heteroatoms. The number of anilines is 1. The predicted octanol–water partition coefficient (Wildman–Crippen LogP) is 3.34. The van der Waals surface area contributed by atoms with Crippen molar-refractivity contribution in [3.05, 3.63) is 70.4 Å². The number of nitro benzene ring substituents is 1. The SMILES string of the molecule is COc1ccc([N+](=O)[O-])cc1NC(=O)C(C)OC(=O)c1ccc2ccccc2n1. The van der Waals surface area contributed by atoms with Crippen LogP contribution in [-0.4, -0.2) is 35.0 Å². The van der Waals surface area contributed by atoms with E-state index in [4.69, 9.17) is 9.47 Å². The number of fused-ring (bicyclic) bond motifs is 1. The van der Waals surface area contributed by atoms with Gasteiger partial charge in [-0.05, 0) is 25.1 Å². The van der Waals surface area contributed by atoms with Crippen LogP contribution in [0.3, 0.4) is 0 Å². The molecule has 3 rings (SSSR count). The van der Waals surface area contributed by atoms with Crippen LogP contribution in [0.25, 0.3) is 10.9 Å². The molecule has 1 unspecified atom stereocenters. The van der Waals surface area contributed by atoms with Crippen molar-refractivity contribution in [2.24, 2.45) is 0 Å². The number of esters is 1. The number of nitro groups is 1. The highest BCUT2D eigenvalue weighted by molar-refractivity contribution is 5.98. The van der Waals surface area contributed by atoms with Gasteiger partial charge in [-0.1, -0.05) is 24.3 Å². The van der Waals surface area contributed by atoms with Crippen LogP contribution in [0.5, 0.6) is 5.75 Å². The zero-order valence-corrected chi connectivity index (χ0v) is 15.6. The Morgan fingerprint density at radius 3 is 2.62 bits per heavy atom. The van der Waals surface area contributed by atoms with Crippen LogP contribution in [0.2, 0.25) is 0 Å². The van der Waals surface area contributed by atoms with Crippen molar-refractivity contribution in [3.8, 4) is 5.75 Å². The normalized spacial score (nSPS) is 11.5. The summed E-state index contributed by atoms with van der Waals surface area (Å²) < 4.78 is 10.3. The number of nitrogens with zero attached hydrogens (tertiary/aromatic N) is 2. The number of aromatic nitrogens is 1. The van der Waals surface area contributed by atoms with E-state index in [0.717, 1.165) is 11.5 Å². The van der Waals surface area contributed by atoms with Gasteiger partial charge in [0.2, 0.25) is 0 Å². The molecular weight excluding hydrogens is 378 g/mol. The number of carbonyl (C=O) groups is 2. The monoisotopic (exact) mass is 395 g/mol. The van der Waals surface area contributed by atoms with Crippen molar-refractivity contribution in [1.29, 1.82) is 0 Å². The van der Waals surface area contributed by atoms with Gasteiger partial charge in [0.25, 0.3) is 11.6 Å². The maximum absolute atomic E-state index is 12.4. The number of benzene rings is 2. The highest BCUT2D eigenvalue weighted by atomic mass is 16.6. The second-order valence-electron chi connectivity index (χ2n) is 6.07. The number of non-ortho nitro benzene ring substituents is 1. The Kier molecular flexibility index (Phi) is 5.68. The van der Waals surface area contributed by atoms with E-state index < -0.39 is 22.9 Å². The Labute approximate surface area is 165 Å². The molecule has 0 aliphatic heterocycles. The first-order valence-corrected chi connectivity index (χ1v) is 8.59. The van der Waals surface area contributed by atoms with Gasteiger partial charge in [-0.3, -0.25) is 14.9 Å². The van der Waals surface area contributed by atoms with Crippen LogP contribution in [-0.2, 0) is 9.53 Å². The largest absolute Gasteiger partial charge is 0.495 e. The van der Waals surface area contributed by atoms with Gasteiger partial charge in [0.05, 0.1) is 23.2 Å². The van der Waals surface area contributed by atoms with E-state index in [1.54, 1.807) is 18.2 Å². The van der Waals surface area contributed by atoms with Gasteiger partial charge < -0.3 is 14.8 Å². The first kappa shape index (κ1) is 19.7. The minimum Gasteiger partial charge on any atom is -0.495 e. The van der Waals surface area contributed by atoms with Crippen LogP contribution in [0, 0.1) is 10.1 Å². The summed E-state index contributed by atoms with van der Waals surface area (Å²) >= 11 is 0. The molecule has 0 spiro atoms. The van der Waals surface area contributed by atoms with Crippen LogP contribution in [0.15, 0.2) is 54.6 Å². The minimum atomic E-state index is -1.17. The predicted molar refractivity (Wildman–Crippen MR) is 105 cm³/mol. The quantitative estimate of drug-likeness (QED) is 0.386. The summed E-state index contributed by atoms with van der Waals surface area (Å²) in [4.78, 5) is 39.3. The molecule has 1 amide bonds. The fourth-order valence-corrected chi connectivity index (χ4v) is 2.60. The van der Waals surface area contributed by atoms with Gasteiger partial charge in [-0.15, -0.1) is 0 Å². The minimum absolute atomic E-state index is 0.0660. The van der Waals surface area contributed by atoms with E-state index in [9.17, 15) is 19.7 Å². The number of methoxy groups -OCH3 is 1. The standard InChI is InChI=1S/C20H17N3O6/c1-12(19(24)22-17-11-14(23(26)27)8-10-18(17)28-2)29-20(25)16-9-7-13-5-3-4-6-15(13)21-16/h3-12H,1-2H3,(H,22,24). The highest BCUT2D eigenvalue weighted by Gasteiger charge is 2.22. The molecule has 0 aliphatic rings. The second kappa shape index (κ2) is 8.34. The molecule has 0 saturated carbocycles. The fourth-order valence-electron chi connectivity index (χ4n) is 2.60. The number of hydrogen-bond acceptors (Lipinski definition) is 7. The Bertz CT molecular complexity index is 1100. The summed E-state index contributed by atoms with van der Waals surface area (Å²) in [6, 6.07) is 14.3. The van der Waals surface area contributed by atoms with E-state index in [0.29, 0.717) is 5.52 Å². The molecule has 2 aromatic carbocycles. The molecule has 0 radical (unpaired) electrons. The summed E-state index contributed by atoms with van der Waals surface area (Å²) in [5.74, 6) is -1.19. The Hall–Kier alpha value is -4.01. The highest BCUT2D eigenvalue weighted by Crippen LogP contribution is 2.29. The van der Waals surface area contributed by atoms with E-state index in [1.165, 1.54) is 32.2 Å². The number of nitrogens with one attached hydrogen (secondary N) is 1. The molecule has 1 heterocycles. The summed E-state index contributed by atoms with van der Waals surface area (Å²) in [5.41, 5.74) is 0.571. The van der Waals surface area contributed by atoms with Crippen LogP contribution < -0.4 is 10.1 Å². The molecule has 1 aromatic heterocycles. The number of ether oxygens (including phenoxy) is 2. The van der Waals surface area contributed by atoms with Crippen LogP contribution in [0.4, 0.5) is 11.4 Å². The average Bonchev–Trinajstić information content (AvgIpc) is 2.73. The second-order valence-corrected chi connectivity index (χ2v) is 6.07. The molecule has 0 aliphatic carbocycles. The Morgan fingerprint density at radius 1 is 1.14 bits per heavy atom. The summed E-state index contributed by atoms with van der Waals surface area (Å²) in [5, 5.41) is 14.3. The number of hydrogen-bond donors (Lipinski definition) is 1. The molecule has 0 fully saturated rings. The zero-order chi connectivity index (χ0) is 21.0. The molecule has 0 bridgehead atoms. The lowest BCUT2D eigenvalue weighted by Crippen LogP contribution is -2.30. The van der Waals surface area contributed by atoms with Crippen molar-refractivity contribution >= 4 is 34.2 Å². The van der Waals surface area contributed by atoms with E-state index in [1.807, 2.05) is 12.1 Å². The molecule has 1 N–H and O–H groups in total. The van der Waals surface area contributed by atoms with Crippen LogP contribution in [0.1, 0.15) is 17.4 Å². The molecular formula is C20H17N3O6. The molecule has 1 atom stereocenters. The zero-order valence-electron chi connectivity index (χ0n) is 15.6. The molecule has 0 saturated heterocycles. The maximum atomic E-state index is 12.4. The van der Waals surface area contributed by atoms with E-state index in [2.05, 4.69) is 10.3 Å². The lowest BCUT2D eigenvalue weighted by Gasteiger charge is -2.15. The van der Waals surface area contributed by atoms with Gasteiger partial charge in [0.1, 0.15) is 11.4 Å². The van der Waals surface area contributed by atoms with E-state index >= 15 is 0 Å². The Balaban J connectivity index is 1.72. The number of rotatable bonds is 6. The van der Waals surface area contributed by atoms with Crippen molar-refractivity contribution in [1.82, 2.24) is 4.98 Å². The first-order chi connectivity index (χ1) is 13.9. The Morgan fingerprint density at radius 2 is 1.90 bits per heavy atom. The molecule has 29 heavy (non-hydrogen) atoms. The van der Waals surface area contributed by atoms with Crippen LogP contribution >= 0.6 is 0 Å². The third kappa shape index (κ3) is 4.46. The van der Waals surface area contributed by atoms with Gasteiger partial charge in [0.15, 0.2) is 6.10 Å². The molecule has 148 valence electrons. The van der Waals surface area contributed by atoms with Gasteiger partial charge in [-0.25, -0.2) is 9.78 Å². The first-order valence-electron chi connectivity index (χ1n) is 8.59. The van der Waals surface area contributed by atoms with Crippen molar-refractivity contribution in [2.45, 2.75) is 13.0 Å². The third-order valence-electron chi connectivity index (χ3n) is 4.11. The maximum Gasteiger partial charge on any atom is 0.357 e. The van der Waals surface area contributed by atoms with Crippen molar-refractivity contribution in [3.63, 3.8) is 0 Å². The third-order valence-corrected chi connectivity index (χ3v) is 4.11. The average molecular weight is 395 g/mol. The van der Waals surface area contributed by atoms with Crippen molar-refractivity contribution in [2.75, 3.05) is 12.4 Å². The van der Waals surface area contributed by atoms with Gasteiger partial charge in [0, 0.05) is 17.5 Å². The smallest absolute Gasteiger partial charge is 0.357 e. The lowest BCUT2D eigenvalue weighted by molar-refractivity contribution is -0.384. The lowest BCUT2D eigenvalue weighted by atomic mass is 10.2. The molecule has 3 aromatic rings. The topological polar surface area (TPSA) is 121 Å². The summed E-state index contributed by atoms with van der Waals surface area (Å²) in [6.45, 7) is 1.39. The van der Waals surface area contributed by atoms with Gasteiger partial charge >= 0.3 is 5.97 Å². The number of carbonyl (C=O) groups excluding carboxylic acids is 2. The van der Waals surface area contributed by atoms with Gasteiger partial charge in [-0.2, -0.15) is 0 Å². The fraction of sp³-hybridized carbons (Fsp3) is 0.150. The number of pyridine rings is 1. The van der Waals surface area contributed by atoms with E-state index in [-0.39, 0.29) is 22.8 Å². The summed E-state index contributed by atoms with van der Waals surface area (Å²) in [7, 11) is 1.37. The number of amides is 1. The summed E-state index contributed by atoms with van der Waals surface area (Å²) in [6.07, 6.45) is -1.17. The molecule has 9 nitrogen and oxygen atoms in total. The van der Waals surface area contributed by atoms with Crippen molar-refractivity contribution < 1.29 is 24.0 Å². The number of para-hydroxylation sites is 1.